The van der Waals surface area contributed by atoms with E-state index in [1.165, 1.54) is 0 Å². The van der Waals surface area contributed by atoms with E-state index in [2.05, 4.69) is 42.2 Å². The topological polar surface area (TPSA) is 90.9 Å². The van der Waals surface area contributed by atoms with Crippen molar-refractivity contribution >= 4 is 22.5 Å². The summed E-state index contributed by atoms with van der Waals surface area (Å²) in [4.78, 5) is 9.41. The smallest absolute Gasteiger partial charge is 0.132 e. The van der Waals surface area contributed by atoms with Crippen molar-refractivity contribution in [3.8, 4) is 0 Å². The zero-order chi connectivity index (χ0) is 20.3. The fourth-order valence-corrected chi connectivity index (χ4v) is 3.62. The third-order valence-electron chi connectivity index (χ3n) is 5.67. The first-order valence-corrected chi connectivity index (χ1v) is 9.59. The third kappa shape index (κ3) is 3.14. The molecule has 4 heterocycles. The first kappa shape index (κ1) is 18.8. The molecule has 0 aromatic carbocycles. The molecular formula is C21H28N6O. The molecule has 3 aromatic rings. The minimum absolute atomic E-state index is 0.205. The van der Waals surface area contributed by atoms with Crippen LogP contribution in [0.15, 0.2) is 24.4 Å². The molecule has 0 bridgehead atoms. The van der Waals surface area contributed by atoms with Gasteiger partial charge in [0.05, 0.1) is 40.8 Å². The monoisotopic (exact) mass is 380 g/mol. The van der Waals surface area contributed by atoms with Gasteiger partial charge in [0.25, 0.3) is 0 Å². The van der Waals surface area contributed by atoms with Crippen LogP contribution in [0.25, 0.3) is 10.9 Å². The number of pyridine rings is 2. The summed E-state index contributed by atoms with van der Waals surface area (Å²) in [6.07, 6.45) is 1.82. The molecule has 1 atom stereocenters. The second kappa shape index (κ2) is 6.25. The summed E-state index contributed by atoms with van der Waals surface area (Å²) in [7, 11) is 1.91. The van der Waals surface area contributed by atoms with Crippen molar-refractivity contribution in [2.45, 2.75) is 58.3 Å². The highest BCUT2D eigenvalue weighted by Crippen LogP contribution is 2.38. The van der Waals surface area contributed by atoms with Crippen molar-refractivity contribution in [1.82, 2.24) is 19.7 Å². The molecule has 7 heteroatoms. The Morgan fingerprint density at radius 3 is 2.75 bits per heavy atom. The van der Waals surface area contributed by atoms with Gasteiger partial charge in [0.15, 0.2) is 0 Å². The molecule has 28 heavy (non-hydrogen) atoms. The van der Waals surface area contributed by atoms with Crippen molar-refractivity contribution in [1.29, 1.82) is 0 Å². The van der Waals surface area contributed by atoms with Crippen molar-refractivity contribution in [2.75, 3.05) is 5.32 Å². The van der Waals surface area contributed by atoms with Gasteiger partial charge >= 0.3 is 0 Å². The first-order valence-electron chi connectivity index (χ1n) is 9.59. The van der Waals surface area contributed by atoms with E-state index in [0.29, 0.717) is 6.61 Å². The fourth-order valence-electron chi connectivity index (χ4n) is 3.62. The van der Waals surface area contributed by atoms with Crippen LogP contribution in [0.3, 0.4) is 0 Å². The summed E-state index contributed by atoms with van der Waals surface area (Å²) in [5, 5.41) is 8.92. The summed E-state index contributed by atoms with van der Waals surface area (Å²) in [5.74, 6) is 1.70. The van der Waals surface area contributed by atoms with E-state index >= 15 is 0 Å². The van der Waals surface area contributed by atoms with E-state index in [1.807, 2.05) is 43.9 Å². The molecule has 1 aliphatic rings. The number of nitrogens with two attached hydrogens (primary N) is 1. The summed E-state index contributed by atoms with van der Waals surface area (Å²) < 4.78 is 7.78. The van der Waals surface area contributed by atoms with E-state index in [1.54, 1.807) is 0 Å². The lowest BCUT2D eigenvalue weighted by molar-refractivity contribution is -0.0590. The maximum absolute atomic E-state index is 6.31. The fraction of sp³-hybridized carbons (Fsp3) is 0.476. The number of fused-ring (bicyclic) bond motifs is 2. The third-order valence-corrected chi connectivity index (χ3v) is 5.67. The number of aryl methyl sites for hydroxylation is 1. The van der Waals surface area contributed by atoms with Gasteiger partial charge in [-0.25, -0.2) is 9.97 Å². The van der Waals surface area contributed by atoms with Gasteiger partial charge in [-0.1, -0.05) is 13.0 Å². The Labute approximate surface area is 165 Å². The van der Waals surface area contributed by atoms with Crippen molar-refractivity contribution in [2.24, 2.45) is 12.8 Å². The van der Waals surface area contributed by atoms with Crippen LogP contribution in [0.1, 0.15) is 57.5 Å². The number of nitrogens with zero attached hydrogens (tertiary/aromatic N) is 4. The predicted octanol–water partition coefficient (Wildman–Crippen LogP) is 3.71. The van der Waals surface area contributed by atoms with E-state index in [4.69, 9.17) is 15.5 Å². The Balaban J connectivity index is 1.70. The number of hydrogen-bond acceptors (Lipinski definition) is 6. The molecule has 148 valence electrons. The second-order valence-corrected chi connectivity index (χ2v) is 8.76. The summed E-state index contributed by atoms with van der Waals surface area (Å²) in [6, 6.07) is 6.04. The largest absolute Gasteiger partial charge is 0.370 e. The summed E-state index contributed by atoms with van der Waals surface area (Å²) in [6.45, 7) is 10.9. The van der Waals surface area contributed by atoms with Crippen LogP contribution in [0, 0.1) is 0 Å². The van der Waals surface area contributed by atoms with Gasteiger partial charge in [-0.15, -0.1) is 0 Å². The number of nitrogens with one attached hydrogen (secondary N) is 1. The predicted molar refractivity (Wildman–Crippen MR) is 111 cm³/mol. The molecule has 1 unspecified atom stereocenters. The van der Waals surface area contributed by atoms with Crippen molar-refractivity contribution < 1.29 is 4.74 Å². The Morgan fingerprint density at radius 2 is 2.04 bits per heavy atom. The molecule has 0 saturated carbocycles. The normalized spacial score (nSPS) is 18.9. The highest BCUT2D eigenvalue weighted by atomic mass is 16.5. The van der Waals surface area contributed by atoms with Gasteiger partial charge in [-0.05, 0) is 45.4 Å². The van der Waals surface area contributed by atoms with Crippen LogP contribution in [-0.2, 0) is 23.9 Å². The van der Waals surface area contributed by atoms with Gasteiger partial charge in [0.1, 0.15) is 11.6 Å². The molecule has 1 aliphatic heterocycles. The summed E-state index contributed by atoms with van der Waals surface area (Å²) >= 11 is 0. The van der Waals surface area contributed by atoms with Gasteiger partial charge in [-0.2, -0.15) is 5.10 Å². The van der Waals surface area contributed by atoms with Crippen molar-refractivity contribution in [3.05, 3.63) is 41.3 Å². The SMILES string of the molecule is CC1c2nc(Nc3cc4c(C(C)(C)N)nn(C)c4cn3)ccc2COC1(C)C. The van der Waals surface area contributed by atoms with Crippen LogP contribution in [-0.4, -0.2) is 25.3 Å². The van der Waals surface area contributed by atoms with E-state index in [0.717, 1.165) is 39.5 Å². The minimum atomic E-state index is -0.538. The van der Waals surface area contributed by atoms with Gasteiger partial charge < -0.3 is 15.8 Å². The van der Waals surface area contributed by atoms with Crippen LogP contribution < -0.4 is 11.1 Å². The molecule has 7 nitrogen and oxygen atoms in total. The zero-order valence-electron chi connectivity index (χ0n) is 17.4. The Hall–Kier alpha value is -2.51. The highest BCUT2D eigenvalue weighted by Gasteiger charge is 2.35. The van der Waals surface area contributed by atoms with Crippen LogP contribution in [0.4, 0.5) is 11.6 Å². The molecule has 3 aromatic heterocycles. The molecule has 3 N–H and O–H groups in total. The average Bonchev–Trinajstić information content (AvgIpc) is 2.95. The van der Waals surface area contributed by atoms with Gasteiger partial charge in [0.2, 0.25) is 0 Å². The molecule has 0 aliphatic carbocycles. The number of aromatic nitrogens is 4. The van der Waals surface area contributed by atoms with Gasteiger partial charge in [0, 0.05) is 18.4 Å². The van der Waals surface area contributed by atoms with E-state index in [-0.39, 0.29) is 11.5 Å². The molecule has 0 fully saturated rings. The number of anilines is 2. The lowest BCUT2D eigenvalue weighted by Crippen LogP contribution is -2.36. The Morgan fingerprint density at radius 1 is 1.29 bits per heavy atom. The zero-order valence-corrected chi connectivity index (χ0v) is 17.4. The lowest BCUT2D eigenvalue weighted by Gasteiger charge is -2.37. The number of hydrogen-bond donors (Lipinski definition) is 2. The number of ether oxygens (including phenoxy) is 1. The molecule has 0 spiro atoms. The lowest BCUT2D eigenvalue weighted by atomic mass is 9.85. The summed E-state index contributed by atoms with van der Waals surface area (Å²) in [5.41, 5.74) is 9.56. The van der Waals surface area contributed by atoms with Crippen LogP contribution in [0.2, 0.25) is 0 Å². The molecule has 0 saturated heterocycles. The van der Waals surface area contributed by atoms with E-state index in [9.17, 15) is 0 Å². The van der Waals surface area contributed by atoms with Crippen LogP contribution >= 0.6 is 0 Å². The first-order chi connectivity index (χ1) is 13.1. The molecular weight excluding hydrogens is 352 g/mol. The molecule has 0 radical (unpaired) electrons. The maximum Gasteiger partial charge on any atom is 0.132 e. The maximum atomic E-state index is 6.31. The Bertz CT molecular complexity index is 1050. The van der Waals surface area contributed by atoms with Crippen LogP contribution in [0.5, 0.6) is 0 Å². The quantitative estimate of drug-likeness (QED) is 0.720. The second-order valence-electron chi connectivity index (χ2n) is 8.76. The average molecular weight is 380 g/mol. The van der Waals surface area contributed by atoms with E-state index < -0.39 is 5.54 Å². The molecule has 4 rings (SSSR count). The van der Waals surface area contributed by atoms with Gasteiger partial charge in [-0.3, -0.25) is 4.68 Å². The van der Waals surface area contributed by atoms with Crippen molar-refractivity contribution in [3.63, 3.8) is 0 Å². The minimum Gasteiger partial charge on any atom is -0.370 e. The number of rotatable bonds is 3. The highest BCUT2D eigenvalue weighted by molar-refractivity contribution is 5.85. The molecule has 0 amide bonds. The standard InChI is InChI=1S/C21H28N6O/c1-12-18-13(11-28-21(12,4)5)7-8-16(25-18)24-17-9-14-15(10-23-17)27(6)26-19(14)20(2,3)22/h7-10,12H,11,22H2,1-6H3,(H,23,24,25). The Kier molecular flexibility index (Phi) is 4.21.